The molecule has 2 heteroatoms. The summed E-state index contributed by atoms with van der Waals surface area (Å²) >= 11 is 0. The number of carbonyl (C=O) groups is 1. The summed E-state index contributed by atoms with van der Waals surface area (Å²) in [6.45, 7) is 4.40. The zero-order chi connectivity index (χ0) is 15.1. The van der Waals surface area contributed by atoms with Gasteiger partial charge in [-0.25, -0.2) is 0 Å². The van der Waals surface area contributed by atoms with Gasteiger partial charge in [0.05, 0.1) is 0 Å². The van der Waals surface area contributed by atoms with Gasteiger partial charge in [0, 0.05) is 12.1 Å². The molecule has 1 aliphatic carbocycles. The average molecular weight is 287 g/mol. The minimum atomic E-state index is 0.177. The number of rotatable bonds is 6. The molecule has 1 amide bonds. The summed E-state index contributed by atoms with van der Waals surface area (Å²) in [4.78, 5) is 12.2. The normalized spacial score (nSPS) is 17.4. The Morgan fingerprint density at radius 3 is 2.67 bits per heavy atom. The fourth-order valence-corrected chi connectivity index (χ4v) is 3.28. The molecule has 1 aromatic carbocycles. The van der Waals surface area contributed by atoms with Crippen LogP contribution in [0.15, 0.2) is 24.3 Å². The lowest BCUT2D eigenvalue weighted by atomic mass is 9.86. The molecule has 1 fully saturated rings. The molecule has 0 saturated heterocycles. The van der Waals surface area contributed by atoms with Crippen LogP contribution in [0, 0.1) is 5.92 Å². The van der Waals surface area contributed by atoms with Crippen molar-refractivity contribution < 1.29 is 4.79 Å². The van der Waals surface area contributed by atoms with Gasteiger partial charge in [-0.1, -0.05) is 64.2 Å². The first kappa shape index (κ1) is 16.1. The topological polar surface area (TPSA) is 29.1 Å². The predicted molar refractivity (Wildman–Crippen MR) is 89.6 cm³/mol. The van der Waals surface area contributed by atoms with Crippen molar-refractivity contribution >= 4 is 11.6 Å². The molecule has 1 aliphatic rings. The van der Waals surface area contributed by atoms with E-state index in [0.717, 1.165) is 24.4 Å². The lowest BCUT2D eigenvalue weighted by molar-refractivity contribution is -0.116. The van der Waals surface area contributed by atoms with Crippen LogP contribution >= 0.6 is 0 Å². The van der Waals surface area contributed by atoms with Gasteiger partial charge < -0.3 is 5.32 Å². The highest BCUT2D eigenvalue weighted by molar-refractivity contribution is 5.91. The number of amides is 1. The Morgan fingerprint density at radius 2 is 1.95 bits per heavy atom. The number of benzene rings is 1. The van der Waals surface area contributed by atoms with E-state index in [2.05, 4.69) is 31.3 Å². The smallest absolute Gasteiger partial charge is 0.224 e. The minimum absolute atomic E-state index is 0.177. The lowest BCUT2D eigenvalue weighted by Gasteiger charge is -2.21. The SMILES string of the molecule is CCC(C)c1ccccc1NC(=O)CCC1CCCCC1. The molecule has 1 N–H and O–H groups in total. The molecule has 1 unspecified atom stereocenters. The summed E-state index contributed by atoms with van der Waals surface area (Å²) < 4.78 is 0. The van der Waals surface area contributed by atoms with Crippen LogP contribution in [0.1, 0.15) is 76.7 Å². The van der Waals surface area contributed by atoms with Crippen molar-refractivity contribution in [3.8, 4) is 0 Å². The van der Waals surface area contributed by atoms with E-state index in [0.29, 0.717) is 12.3 Å². The van der Waals surface area contributed by atoms with Crippen molar-refractivity contribution in [1.29, 1.82) is 0 Å². The van der Waals surface area contributed by atoms with Gasteiger partial charge >= 0.3 is 0 Å². The first-order valence-electron chi connectivity index (χ1n) is 8.59. The number of carbonyl (C=O) groups excluding carboxylic acids is 1. The summed E-state index contributed by atoms with van der Waals surface area (Å²) in [5.41, 5.74) is 2.26. The fraction of sp³-hybridized carbons (Fsp3) is 0.632. The van der Waals surface area contributed by atoms with Gasteiger partial charge in [-0.3, -0.25) is 4.79 Å². The first-order valence-corrected chi connectivity index (χ1v) is 8.59. The zero-order valence-electron chi connectivity index (χ0n) is 13.5. The number of para-hydroxylation sites is 1. The Kier molecular flexibility index (Phi) is 6.28. The summed E-state index contributed by atoms with van der Waals surface area (Å²) in [7, 11) is 0. The summed E-state index contributed by atoms with van der Waals surface area (Å²) in [6, 6.07) is 8.22. The molecule has 116 valence electrons. The summed E-state index contributed by atoms with van der Waals surface area (Å²) in [6.07, 6.45) is 9.52. The third-order valence-corrected chi connectivity index (χ3v) is 4.88. The lowest BCUT2D eigenvalue weighted by Crippen LogP contribution is -2.16. The van der Waals surface area contributed by atoms with Crippen molar-refractivity contribution in [3.63, 3.8) is 0 Å². The van der Waals surface area contributed by atoms with E-state index in [1.165, 1.54) is 37.7 Å². The first-order chi connectivity index (χ1) is 10.2. The van der Waals surface area contributed by atoms with Crippen molar-refractivity contribution in [1.82, 2.24) is 0 Å². The van der Waals surface area contributed by atoms with E-state index in [4.69, 9.17) is 0 Å². The van der Waals surface area contributed by atoms with Crippen molar-refractivity contribution in [2.45, 2.75) is 71.1 Å². The maximum atomic E-state index is 12.2. The van der Waals surface area contributed by atoms with E-state index in [1.54, 1.807) is 0 Å². The second kappa shape index (κ2) is 8.21. The number of nitrogens with one attached hydrogen (secondary N) is 1. The molecular formula is C19H29NO. The molecule has 1 saturated carbocycles. The van der Waals surface area contributed by atoms with Crippen LogP contribution < -0.4 is 5.32 Å². The van der Waals surface area contributed by atoms with Crippen LogP contribution in [0.5, 0.6) is 0 Å². The molecular weight excluding hydrogens is 258 g/mol. The number of hydrogen-bond donors (Lipinski definition) is 1. The Morgan fingerprint density at radius 1 is 1.24 bits per heavy atom. The minimum Gasteiger partial charge on any atom is -0.326 e. The highest BCUT2D eigenvalue weighted by atomic mass is 16.1. The quantitative estimate of drug-likeness (QED) is 0.735. The molecule has 1 atom stereocenters. The molecule has 0 bridgehead atoms. The van der Waals surface area contributed by atoms with E-state index >= 15 is 0 Å². The molecule has 0 spiro atoms. The van der Waals surface area contributed by atoms with Crippen LogP contribution in [0.25, 0.3) is 0 Å². The standard InChI is InChI=1S/C19H29NO/c1-3-15(2)17-11-7-8-12-18(17)20-19(21)14-13-16-9-5-4-6-10-16/h7-8,11-12,15-16H,3-6,9-10,13-14H2,1-2H3,(H,20,21). The van der Waals surface area contributed by atoms with Crippen LogP contribution in [0.2, 0.25) is 0 Å². The molecule has 0 aliphatic heterocycles. The van der Waals surface area contributed by atoms with E-state index < -0.39 is 0 Å². The van der Waals surface area contributed by atoms with Gasteiger partial charge in [-0.15, -0.1) is 0 Å². The zero-order valence-corrected chi connectivity index (χ0v) is 13.5. The maximum absolute atomic E-state index is 12.2. The van der Waals surface area contributed by atoms with E-state index in [1.807, 2.05) is 12.1 Å². The maximum Gasteiger partial charge on any atom is 0.224 e. The van der Waals surface area contributed by atoms with Crippen molar-refractivity contribution in [2.75, 3.05) is 5.32 Å². The van der Waals surface area contributed by atoms with Crippen molar-refractivity contribution in [3.05, 3.63) is 29.8 Å². The molecule has 2 nitrogen and oxygen atoms in total. The van der Waals surface area contributed by atoms with Gasteiger partial charge in [0.1, 0.15) is 0 Å². The Balaban J connectivity index is 1.87. The molecule has 1 aromatic rings. The molecule has 0 aromatic heterocycles. The second-order valence-corrected chi connectivity index (χ2v) is 6.49. The van der Waals surface area contributed by atoms with Crippen LogP contribution in [0.3, 0.4) is 0 Å². The highest BCUT2D eigenvalue weighted by Crippen LogP contribution is 2.29. The van der Waals surface area contributed by atoms with Gasteiger partial charge in [-0.05, 0) is 36.3 Å². The third-order valence-electron chi connectivity index (χ3n) is 4.88. The predicted octanol–water partition coefficient (Wildman–Crippen LogP) is 5.50. The molecule has 0 radical (unpaired) electrons. The monoisotopic (exact) mass is 287 g/mol. The van der Waals surface area contributed by atoms with E-state index in [-0.39, 0.29) is 5.91 Å². The number of hydrogen-bond acceptors (Lipinski definition) is 1. The molecule has 0 heterocycles. The number of anilines is 1. The highest BCUT2D eigenvalue weighted by Gasteiger charge is 2.16. The summed E-state index contributed by atoms with van der Waals surface area (Å²) in [5, 5.41) is 3.13. The van der Waals surface area contributed by atoms with E-state index in [9.17, 15) is 4.79 Å². The van der Waals surface area contributed by atoms with Gasteiger partial charge in [0.15, 0.2) is 0 Å². The summed E-state index contributed by atoms with van der Waals surface area (Å²) in [5.74, 6) is 1.44. The van der Waals surface area contributed by atoms with Gasteiger partial charge in [0.25, 0.3) is 0 Å². The fourth-order valence-electron chi connectivity index (χ4n) is 3.28. The van der Waals surface area contributed by atoms with Gasteiger partial charge in [-0.2, -0.15) is 0 Å². The Labute approximate surface area is 129 Å². The third kappa shape index (κ3) is 4.87. The Bertz CT molecular complexity index is 449. The largest absolute Gasteiger partial charge is 0.326 e. The van der Waals surface area contributed by atoms with Crippen molar-refractivity contribution in [2.24, 2.45) is 5.92 Å². The molecule has 2 rings (SSSR count). The average Bonchev–Trinajstić information content (AvgIpc) is 2.54. The van der Waals surface area contributed by atoms with Crippen LogP contribution in [0.4, 0.5) is 5.69 Å². The van der Waals surface area contributed by atoms with Crippen LogP contribution in [-0.4, -0.2) is 5.91 Å². The second-order valence-electron chi connectivity index (χ2n) is 6.49. The van der Waals surface area contributed by atoms with Gasteiger partial charge in [0.2, 0.25) is 5.91 Å². The molecule has 21 heavy (non-hydrogen) atoms. The van der Waals surface area contributed by atoms with Crippen LogP contribution in [-0.2, 0) is 4.79 Å². The Hall–Kier alpha value is -1.31.